The maximum atomic E-state index is 5.68. The largest absolute Gasteiger partial charge is 0.457 e. The third-order valence-electron chi connectivity index (χ3n) is 4.25. The molecule has 0 bridgehead atoms. The van der Waals surface area contributed by atoms with E-state index in [9.17, 15) is 0 Å². The summed E-state index contributed by atoms with van der Waals surface area (Å²) in [6, 6.07) is 4.57. The zero-order valence-corrected chi connectivity index (χ0v) is 13.6. The predicted molar refractivity (Wildman–Crippen MR) is 84.5 cm³/mol. The van der Waals surface area contributed by atoms with E-state index in [0.29, 0.717) is 6.04 Å². The van der Waals surface area contributed by atoms with Gasteiger partial charge in [0.1, 0.15) is 0 Å². The summed E-state index contributed by atoms with van der Waals surface area (Å²) in [5.74, 6) is 5.68. The predicted octanol–water partition coefficient (Wildman–Crippen LogP) is 3.49. The van der Waals surface area contributed by atoms with Crippen LogP contribution in [0, 0.1) is 0 Å². The third-order valence-corrected chi connectivity index (χ3v) is 4.89. The van der Waals surface area contributed by atoms with Gasteiger partial charge in [0.2, 0.25) is 0 Å². The number of hydrogen-bond acceptors (Lipinski definition) is 4. The topological polar surface area (TPSA) is 69.0 Å². The molecule has 114 valence electrons. The fraction of sp³-hybridized carbons (Fsp3) is 0.533. The number of nitrogens with one attached hydrogen (secondary N) is 1. The van der Waals surface area contributed by atoms with Gasteiger partial charge < -0.3 is 4.42 Å². The van der Waals surface area contributed by atoms with Crippen LogP contribution in [0.4, 0.5) is 0 Å². The second kappa shape index (κ2) is 6.77. The highest BCUT2D eigenvalue weighted by Crippen LogP contribution is 2.29. The summed E-state index contributed by atoms with van der Waals surface area (Å²) < 4.78 is 8.13. The van der Waals surface area contributed by atoms with Crippen molar-refractivity contribution in [3.05, 3.63) is 40.5 Å². The lowest BCUT2D eigenvalue weighted by atomic mass is 9.96. The number of hydrogen-bond donors (Lipinski definition) is 2. The van der Waals surface area contributed by atoms with Gasteiger partial charge in [-0.1, -0.05) is 19.3 Å². The van der Waals surface area contributed by atoms with E-state index in [1.807, 2.05) is 6.07 Å². The van der Waals surface area contributed by atoms with Crippen molar-refractivity contribution in [1.82, 2.24) is 15.2 Å². The zero-order chi connectivity index (χ0) is 14.7. The molecule has 1 aliphatic rings. The Hall–Kier alpha value is -1.11. The molecule has 2 heterocycles. The summed E-state index contributed by atoms with van der Waals surface area (Å²) in [6.45, 7) is 0. The van der Waals surface area contributed by atoms with Crippen molar-refractivity contribution in [2.45, 2.75) is 50.6 Å². The molecule has 1 unspecified atom stereocenters. The fourth-order valence-corrected chi connectivity index (χ4v) is 3.57. The summed E-state index contributed by atoms with van der Waals surface area (Å²) in [6.07, 6.45) is 11.0. The quantitative estimate of drug-likeness (QED) is 0.638. The van der Waals surface area contributed by atoms with Crippen molar-refractivity contribution in [2.75, 3.05) is 0 Å². The van der Waals surface area contributed by atoms with E-state index in [0.717, 1.165) is 22.3 Å². The average Bonchev–Trinajstić information content (AvgIpc) is 3.15. The number of aromatic nitrogens is 2. The van der Waals surface area contributed by atoms with Gasteiger partial charge in [0.05, 0.1) is 24.0 Å². The minimum atomic E-state index is -0.00664. The molecule has 2 aromatic heterocycles. The molecule has 5 nitrogen and oxygen atoms in total. The van der Waals surface area contributed by atoms with E-state index >= 15 is 0 Å². The van der Waals surface area contributed by atoms with Crippen LogP contribution in [-0.4, -0.2) is 9.78 Å². The molecule has 3 N–H and O–H groups in total. The molecule has 2 aromatic rings. The molecule has 0 amide bonds. The van der Waals surface area contributed by atoms with Crippen LogP contribution in [0.1, 0.15) is 55.4 Å². The van der Waals surface area contributed by atoms with Crippen LogP contribution >= 0.6 is 15.9 Å². The fourth-order valence-electron chi connectivity index (χ4n) is 3.06. The average molecular weight is 353 g/mol. The highest BCUT2D eigenvalue weighted by Gasteiger charge is 2.19. The van der Waals surface area contributed by atoms with Gasteiger partial charge in [-0.05, 0) is 40.9 Å². The lowest BCUT2D eigenvalue weighted by Crippen LogP contribution is -2.29. The Labute approximate surface area is 133 Å². The van der Waals surface area contributed by atoms with Crippen LogP contribution in [0.2, 0.25) is 0 Å². The van der Waals surface area contributed by atoms with Gasteiger partial charge in [-0.15, -0.1) is 0 Å². The first-order valence-corrected chi connectivity index (χ1v) is 8.30. The highest BCUT2D eigenvalue weighted by molar-refractivity contribution is 9.10. The Kier molecular flexibility index (Phi) is 4.77. The van der Waals surface area contributed by atoms with E-state index in [2.05, 4.69) is 38.3 Å². The lowest BCUT2D eigenvalue weighted by molar-refractivity contribution is 0.327. The molecule has 21 heavy (non-hydrogen) atoms. The molecule has 1 saturated carbocycles. The third kappa shape index (κ3) is 3.39. The molecule has 1 aliphatic carbocycles. The monoisotopic (exact) mass is 352 g/mol. The van der Waals surface area contributed by atoms with Gasteiger partial charge in [0.25, 0.3) is 0 Å². The lowest BCUT2D eigenvalue weighted by Gasteiger charge is -2.22. The van der Waals surface area contributed by atoms with E-state index in [1.165, 1.54) is 32.1 Å². The summed E-state index contributed by atoms with van der Waals surface area (Å²) >= 11 is 3.40. The summed E-state index contributed by atoms with van der Waals surface area (Å²) in [5, 5.41) is 4.74. The maximum Gasteiger partial charge on any atom is 0.173 e. The molecule has 0 aliphatic heterocycles. The SMILES string of the molecule is NNC(Cc1ccn(C2CCCCC2)n1)c1ccoc1Br. The zero-order valence-electron chi connectivity index (χ0n) is 12.0. The number of halogens is 1. The van der Waals surface area contributed by atoms with Crippen LogP contribution in [0.5, 0.6) is 0 Å². The molecule has 1 atom stereocenters. The number of nitrogens with two attached hydrogens (primary N) is 1. The van der Waals surface area contributed by atoms with Crippen molar-refractivity contribution in [3.8, 4) is 0 Å². The summed E-state index contributed by atoms with van der Waals surface area (Å²) in [5.41, 5.74) is 4.91. The smallest absolute Gasteiger partial charge is 0.173 e. The summed E-state index contributed by atoms with van der Waals surface area (Å²) in [7, 11) is 0. The van der Waals surface area contributed by atoms with Crippen LogP contribution in [-0.2, 0) is 6.42 Å². The minimum absolute atomic E-state index is 0.00664. The normalized spacial score (nSPS) is 18.0. The Morgan fingerprint density at radius 3 is 2.86 bits per heavy atom. The Morgan fingerprint density at radius 2 is 2.19 bits per heavy atom. The van der Waals surface area contributed by atoms with Crippen LogP contribution in [0.15, 0.2) is 33.7 Å². The van der Waals surface area contributed by atoms with Gasteiger partial charge in [-0.25, -0.2) is 0 Å². The highest BCUT2D eigenvalue weighted by atomic mass is 79.9. The first-order valence-electron chi connectivity index (χ1n) is 7.51. The Bertz CT molecular complexity index is 574. The molecular formula is C15H21BrN4O. The minimum Gasteiger partial charge on any atom is -0.457 e. The molecule has 0 aromatic carbocycles. The number of nitrogens with zero attached hydrogens (tertiary/aromatic N) is 2. The Balaban J connectivity index is 1.69. The van der Waals surface area contributed by atoms with Gasteiger partial charge >= 0.3 is 0 Å². The van der Waals surface area contributed by atoms with Gasteiger partial charge in [0.15, 0.2) is 4.67 Å². The van der Waals surface area contributed by atoms with E-state index in [1.54, 1.807) is 6.26 Å². The molecule has 3 rings (SSSR count). The second-order valence-electron chi connectivity index (χ2n) is 5.65. The van der Waals surface area contributed by atoms with Gasteiger partial charge in [-0.2, -0.15) is 5.10 Å². The summed E-state index contributed by atoms with van der Waals surface area (Å²) in [4.78, 5) is 0. The van der Waals surface area contributed by atoms with Crippen molar-refractivity contribution >= 4 is 15.9 Å². The van der Waals surface area contributed by atoms with Crippen molar-refractivity contribution < 1.29 is 4.42 Å². The van der Waals surface area contributed by atoms with Gasteiger partial charge in [-0.3, -0.25) is 16.0 Å². The first-order chi connectivity index (χ1) is 10.3. The number of furan rings is 1. The molecule has 0 saturated heterocycles. The van der Waals surface area contributed by atoms with Crippen LogP contribution in [0.25, 0.3) is 0 Å². The van der Waals surface area contributed by atoms with E-state index < -0.39 is 0 Å². The van der Waals surface area contributed by atoms with Crippen LogP contribution < -0.4 is 11.3 Å². The number of rotatable bonds is 5. The van der Waals surface area contributed by atoms with E-state index in [4.69, 9.17) is 15.4 Å². The van der Waals surface area contributed by atoms with Gasteiger partial charge in [0, 0.05) is 18.2 Å². The Morgan fingerprint density at radius 1 is 1.38 bits per heavy atom. The molecular weight excluding hydrogens is 332 g/mol. The van der Waals surface area contributed by atoms with Crippen molar-refractivity contribution in [3.63, 3.8) is 0 Å². The van der Waals surface area contributed by atoms with Crippen LogP contribution in [0.3, 0.4) is 0 Å². The maximum absolute atomic E-state index is 5.68. The molecule has 0 spiro atoms. The van der Waals surface area contributed by atoms with E-state index in [-0.39, 0.29) is 6.04 Å². The first kappa shape index (κ1) is 14.8. The number of hydrazine groups is 1. The molecule has 1 fully saturated rings. The second-order valence-corrected chi connectivity index (χ2v) is 6.37. The molecule has 0 radical (unpaired) electrons. The van der Waals surface area contributed by atoms with Crippen molar-refractivity contribution in [1.29, 1.82) is 0 Å². The standard InChI is InChI=1S/C15H21BrN4O/c16-15-13(7-9-21-15)14(18-17)10-11-6-8-20(19-11)12-4-2-1-3-5-12/h6-9,12,14,18H,1-5,10,17H2. The van der Waals surface area contributed by atoms with Crippen molar-refractivity contribution in [2.24, 2.45) is 5.84 Å². The molecule has 6 heteroatoms.